The largest absolute Gasteiger partial charge is 0.327 e. The third-order valence-corrected chi connectivity index (χ3v) is 4.28. The number of nitrogens with zero attached hydrogens (tertiary/aromatic N) is 3. The molecule has 1 atom stereocenters. The second kappa shape index (κ2) is 6.16. The summed E-state index contributed by atoms with van der Waals surface area (Å²) in [5.41, 5.74) is 3.70. The van der Waals surface area contributed by atoms with E-state index in [-0.39, 0.29) is 0 Å². The predicted octanol–water partition coefficient (Wildman–Crippen LogP) is 2.41. The summed E-state index contributed by atoms with van der Waals surface area (Å²) in [6.45, 7) is 6.41. The minimum Gasteiger partial charge on any atom is -0.327 e. The molecule has 2 aromatic rings. The summed E-state index contributed by atoms with van der Waals surface area (Å²) in [6, 6.07) is 6.62. The molecule has 1 aliphatic heterocycles. The number of benzene rings is 1. The van der Waals surface area contributed by atoms with Crippen molar-refractivity contribution >= 4 is 11.0 Å². The van der Waals surface area contributed by atoms with Gasteiger partial charge >= 0.3 is 0 Å². The maximum Gasteiger partial charge on any atom is 0.124 e. The van der Waals surface area contributed by atoms with Gasteiger partial charge in [-0.1, -0.05) is 6.07 Å². The number of rotatable bonds is 4. The summed E-state index contributed by atoms with van der Waals surface area (Å²) < 4.78 is 2.44. The van der Waals surface area contributed by atoms with E-state index >= 15 is 0 Å². The lowest BCUT2D eigenvalue weighted by Crippen LogP contribution is -2.32. The molecule has 1 aromatic carbocycles. The van der Waals surface area contributed by atoms with Gasteiger partial charge in [-0.15, -0.1) is 0 Å². The molecule has 1 N–H and O–H groups in total. The Bertz CT molecular complexity index is 609. The third kappa shape index (κ3) is 3.27. The lowest BCUT2D eigenvalue weighted by molar-refractivity contribution is 0.324. The zero-order valence-corrected chi connectivity index (χ0v) is 13.4. The van der Waals surface area contributed by atoms with Gasteiger partial charge in [0.1, 0.15) is 5.82 Å². The highest BCUT2D eigenvalue weighted by Crippen LogP contribution is 2.22. The first-order valence-electron chi connectivity index (χ1n) is 7.94. The summed E-state index contributed by atoms with van der Waals surface area (Å²) >= 11 is 0. The van der Waals surface area contributed by atoms with E-state index in [1.54, 1.807) is 0 Å². The number of hydrogen-bond donors (Lipinski definition) is 1. The Balaban J connectivity index is 1.95. The number of nitrogens with one attached hydrogen (secondary N) is 1. The van der Waals surface area contributed by atoms with Crippen LogP contribution in [0.5, 0.6) is 0 Å². The first-order valence-corrected chi connectivity index (χ1v) is 7.94. The molecule has 0 aliphatic carbocycles. The minimum atomic E-state index is 0.721. The van der Waals surface area contributed by atoms with Crippen LogP contribution < -0.4 is 5.32 Å². The van der Waals surface area contributed by atoms with Gasteiger partial charge in [-0.2, -0.15) is 0 Å². The Morgan fingerprint density at radius 1 is 1.38 bits per heavy atom. The smallest absolute Gasteiger partial charge is 0.124 e. The Morgan fingerprint density at radius 3 is 2.95 bits per heavy atom. The van der Waals surface area contributed by atoms with Crippen LogP contribution in [0.25, 0.3) is 11.0 Å². The lowest BCUT2D eigenvalue weighted by atomic mass is 9.99. The van der Waals surface area contributed by atoms with Crippen LogP contribution in [0.3, 0.4) is 0 Å². The van der Waals surface area contributed by atoms with Gasteiger partial charge in [0.2, 0.25) is 0 Å². The number of piperidine rings is 1. The van der Waals surface area contributed by atoms with Crippen LogP contribution in [0.15, 0.2) is 18.2 Å². The Hall–Kier alpha value is -1.39. The monoisotopic (exact) mass is 286 g/mol. The van der Waals surface area contributed by atoms with Crippen molar-refractivity contribution in [2.24, 2.45) is 5.92 Å². The number of fused-ring (bicyclic) bond motifs is 1. The van der Waals surface area contributed by atoms with Gasteiger partial charge in [0.15, 0.2) is 0 Å². The van der Waals surface area contributed by atoms with E-state index in [1.807, 2.05) is 0 Å². The van der Waals surface area contributed by atoms with E-state index in [0.717, 1.165) is 31.1 Å². The van der Waals surface area contributed by atoms with Crippen molar-refractivity contribution in [3.05, 3.63) is 29.6 Å². The standard InChI is InChI=1S/C17H26N4/c1-13-6-7-16-15(9-13)19-17(12-20(2)3)21(16)11-14-5-4-8-18-10-14/h6-7,9,14,18H,4-5,8,10-12H2,1-3H3. The molecule has 114 valence electrons. The SMILES string of the molecule is Cc1ccc2c(c1)nc(CN(C)C)n2CC1CCCNC1. The van der Waals surface area contributed by atoms with Crippen LogP contribution in [-0.4, -0.2) is 41.6 Å². The molecule has 0 bridgehead atoms. The summed E-state index contributed by atoms with van der Waals surface area (Å²) in [6.07, 6.45) is 2.61. The fraction of sp³-hybridized carbons (Fsp3) is 0.588. The van der Waals surface area contributed by atoms with E-state index in [1.165, 1.54) is 36.3 Å². The van der Waals surface area contributed by atoms with Gasteiger partial charge < -0.3 is 14.8 Å². The van der Waals surface area contributed by atoms with Crippen LogP contribution in [0, 0.1) is 12.8 Å². The minimum absolute atomic E-state index is 0.721. The maximum atomic E-state index is 4.88. The van der Waals surface area contributed by atoms with Crippen molar-refractivity contribution in [3.63, 3.8) is 0 Å². The Kier molecular flexibility index (Phi) is 4.27. The van der Waals surface area contributed by atoms with E-state index in [9.17, 15) is 0 Å². The van der Waals surface area contributed by atoms with Crippen molar-refractivity contribution in [2.45, 2.75) is 32.9 Å². The first-order chi connectivity index (χ1) is 10.1. The van der Waals surface area contributed by atoms with Gasteiger partial charge in [-0.3, -0.25) is 0 Å². The van der Waals surface area contributed by atoms with Crippen LogP contribution >= 0.6 is 0 Å². The normalized spacial score (nSPS) is 19.5. The molecule has 0 saturated carbocycles. The van der Waals surface area contributed by atoms with Gasteiger partial charge in [-0.25, -0.2) is 4.98 Å². The number of aromatic nitrogens is 2. The molecule has 0 amide bonds. The first kappa shape index (κ1) is 14.5. The second-order valence-electron chi connectivity index (χ2n) is 6.58. The number of hydrogen-bond acceptors (Lipinski definition) is 3. The topological polar surface area (TPSA) is 33.1 Å². The molecule has 1 saturated heterocycles. The van der Waals surface area contributed by atoms with Gasteiger partial charge in [0, 0.05) is 6.54 Å². The van der Waals surface area contributed by atoms with Gasteiger partial charge in [0.25, 0.3) is 0 Å². The van der Waals surface area contributed by atoms with Crippen LogP contribution in [0.1, 0.15) is 24.2 Å². The van der Waals surface area contributed by atoms with Crippen LogP contribution in [0.4, 0.5) is 0 Å². The highest BCUT2D eigenvalue weighted by molar-refractivity contribution is 5.76. The molecule has 4 nitrogen and oxygen atoms in total. The fourth-order valence-corrected chi connectivity index (χ4v) is 3.23. The van der Waals surface area contributed by atoms with Gasteiger partial charge in [-0.05, 0) is 70.6 Å². The van der Waals surface area contributed by atoms with Crippen LogP contribution in [0.2, 0.25) is 0 Å². The molecule has 4 heteroatoms. The fourth-order valence-electron chi connectivity index (χ4n) is 3.23. The highest BCUT2D eigenvalue weighted by Gasteiger charge is 2.18. The van der Waals surface area contributed by atoms with Crippen molar-refractivity contribution in [1.82, 2.24) is 19.8 Å². The van der Waals surface area contributed by atoms with E-state index in [4.69, 9.17) is 4.98 Å². The van der Waals surface area contributed by atoms with E-state index in [2.05, 4.69) is 54.0 Å². The van der Waals surface area contributed by atoms with E-state index < -0.39 is 0 Å². The van der Waals surface area contributed by atoms with Crippen molar-refractivity contribution in [3.8, 4) is 0 Å². The summed E-state index contributed by atoms with van der Waals surface area (Å²) in [7, 11) is 4.22. The zero-order valence-electron chi connectivity index (χ0n) is 13.4. The molecule has 1 fully saturated rings. The predicted molar refractivity (Wildman–Crippen MR) is 87.5 cm³/mol. The van der Waals surface area contributed by atoms with Crippen molar-refractivity contribution in [2.75, 3.05) is 27.2 Å². The highest BCUT2D eigenvalue weighted by atomic mass is 15.2. The summed E-state index contributed by atoms with van der Waals surface area (Å²) in [5, 5.41) is 3.52. The molecule has 21 heavy (non-hydrogen) atoms. The molecular formula is C17H26N4. The van der Waals surface area contributed by atoms with E-state index in [0.29, 0.717) is 0 Å². The summed E-state index contributed by atoms with van der Waals surface area (Å²) in [5.74, 6) is 1.91. The zero-order chi connectivity index (χ0) is 14.8. The third-order valence-electron chi connectivity index (χ3n) is 4.28. The maximum absolute atomic E-state index is 4.88. The second-order valence-corrected chi connectivity index (χ2v) is 6.58. The molecule has 2 heterocycles. The average molecular weight is 286 g/mol. The molecule has 3 rings (SSSR count). The molecule has 1 aromatic heterocycles. The molecule has 0 spiro atoms. The average Bonchev–Trinajstić information content (AvgIpc) is 2.76. The Labute approximate surface area is 127 Å². The summed E-state index contributed by atoms with van der Waals surface area (Å²) in [4.78, 5) is 7.08. The number of aryl methyl sites for hydroxylation is 1. The van der Waals surface area contributed by atoms with Crippen LogP contribution in [-0.2, 0) is 13.1 Å². The quantitative estimate of drug-likeness (QED) is 0.937. The van der Waals surface area contributed by atoms with Gasteiger partial charge in [0.05, 0.1) is 17.6 Å². The molecule has 1 aliphatic rings. The molecule has 1 unspecified atom stereocenters. The van der Waals surface area contributed by atoms with Crippen molar-refractivity contribution < 1.29 is 0 Å². The molecular weight excluding hydrogens is 260 g/mol. The van der Waals surface area contributed by atoms with Crippen molar-refractivity contribution in [1.29, 1.82) is 0 Å². The molecule has 0 radical (unpaired) electrons. The lowest BCUT2D eigenvalue weighted by Gasteiger charge is -2.24. The Morgan fingerprint density at radius 2 is 2.24 bits per heavy atom. The number of imidazole rings is 1.